The largest absolute Gasteiger partial charge is 0.494 e. The Morgan fingerprint density at radius 1 is 1.14 bits per heavy atom. The monoisotopic (exact) mass is 588 g/mol. The van der Waals surface area contributed by atoms with E-state index in [4.69, 9.17) is 4.74 Å². The van der Waals surface area contributed by atoms with Crippen LogP contribution >= 0.6 is 0 Å². The summed E-state index contributed by atoms with van der Waals surface area (Å²) in [5, 5.41) is 9.99. The number of carbonyl (C=O) groups is 1. The number of imidazole rings is 1. The van der Waals surface area contributed by atoms with Crippen molar-refractivity contribution >= 4 is 23.1 Å². The van der Waals surface area contributed by atoms with Crippen LogP contribution in [0.5, 0.6) is 5.75 Å². The topological polar surface area (TPSA) is 92.6 Å². The fraction of sp³-hybridized carbons (Fsp3) is 0.406. The Kier molecular flexibility index (Phi) is 6.81. The molecule has 2 aliphatic heterocycles. The van der Waals surface area contributed by atoms with E-state index in [1.807, 2.05) is 25.1 Å². The highest BCUT2D eigenvalue weighted by atomic mass is 19.2. The Bertz CT molecular complexity index is 1710. The lowest BCUT2D eigenvalue weighted by molar-refractivity contribution is -0.906. The zero-order chi connectivity index (χ0) is 29.9. The number of quaternary nitrogens is 1. The molecule has 7 rings (SSSR count). The van der Waals surface area contributed by atoms with Crippen molar-refractivity contribution in [3.05, 3.63) is 71.7 Å². The van der Waals surface area contributed by atoms with E-state index in [1.165, 1.54) is 32.0 Å². The molecule has 2 aromatic heterocycles. The number of rotatable bonds is 9. The Balaban J connectivity index is 1.06. The third kappa shape index (κ3) is 4.90. The number of benzene rings is 2. The van der Waals surface area contributed by atoms with Crippen molar-refractivity contribution in [2.24, 2.45) is 17.8 Å². The first-order chi connectivity index (χ1) is 20.8. The normalized spacial score (nSPS) is 24.4. The second kappa shape index (κ2) is 10.6. The molecule has 224 valence electrons. The summed E-state index contributed by atoms with van der Waals surface area (Å²) in [4.78, 5) is 22.2. The molecule has 2 aromatic carbocycles. The maximum atomic E-state index is 14.9. The molecule has 4 heterocycles. The van der Waals surface area contributed by atoms with Gasteiger partial charge in [-0.25, -0.2) is 14.4 Å². The predicted molar refractivity (Wildman–Crippen MR) is 159 cm³/mol. The van der Waals surface area contributed by atoms with Crippen molar-refractivity contribution in [2.75, 3.05) is 52.2 Å². The number of methoxy groups -OCH3 is 1. The predicted octanol–water partition coefficient (Wildman–Crippen LogP) is 4.01. The summed E-state index contributed by atoms with van der Waals surface area (Å²) < 4.78 is 36.9. The number of ether oxygens (including phenoxy) is 1. The van der Waals surface area contributed by atoms with Gasteiger partial charge in [-0.1, -0.05) is 6.92 Å². The molecule has 3 N–H and O–H groups in total. The minimum atomic E-state index is -1.05. The number of aromatic nitrogens is 3. The van der Waals surface area contributed by atoms with E-state index in [0.29, 0.717) is 41.0 Å². The molecule has 0 bridgehead atoms. The highest BCUT2D eigenvalue weighted by Gasteiger charge is 2.63. The molecule has 3 aliphatic rings. The number of piperidine rings is 1. The minimum Gasteiger partial charge on any atom is -0.494 e. The number of nitrogens with zero attached hydrogens (tertiary/aromatic N) is 4. The lowest BCUT2D eigenvalue weighted by Gasteiger charge is -2.39. The van der Waals surface area contributed by atoms with Gasteiger partial charge in [-0.15, -0.1) is 0 Å². The molecule has 0 radical (unpaired) electrons. The number of hydrogen-bond acceptors (Lipinski definition) is 6. The molecule has 2 unspecified atom stereocenters. The van der Waals surface area contributed by atoms with Gasteiger partial charge in [0.2, 0.25) is 5.82 Å². The molecule has 1 amide bonds. The standard InChI is InChI=1S/C32H35F2N7O2/c1-4-19-11-20(5-6-21(19)32(42)39-29-23-16-41(2,17-24(23)29)15-18-12-35-13-18)38-30-31-37-14-25(40(31)10-9-36-30)22-7-8-26(43-3)28(34)27(22)33/h5-11,14,18,23-24,29,35H,4,12-13,15-17H2,1-3H3,(H-,36,38,39,42)/p+1/t23-,24+,29?,41?. The Morgan fingerprint density at radius 3 is 2.63 bits per heavy atom. The SMILES string of the molecule is CCc1cc(Nc2nccn3c(-c4ccc(OC)c(F)c4F)cnc23)ccc1C(=O)NC1[C@H]2C[N+](C)(CC3CNC3)C[C@@H]12. The Labute approximate surface area is 248 Å². The molecule has 11 heteroatoms. The molecule has 9 nitrogen and oxygen atoms in total. The summed E-state index contributed by atoms with van der Waals surface area (Å²) >= 11 is 0. The van der Waals surface area contributed by atoms with Crippen LogP contribution in [0.2, 0.25) is 0 Å². The first-order valence-electron chi connectivity index (χ1n) is 14.9. The number of halogens is 2. The molecular formula is C32H36F2N7O2+. The average Bonchev–Trinajstić information content (AvgIpc) is 3.28. The third-order valence-corrected chi connectivity index (χ3v) is 9.46. The van der Waals surface area contributed by atoms with Crippen molar-refractivity contribution in [1.29, 1.82) is 0 Å². The number of amides is 1. The van der Waals surface area contributed by atoms with Crippen molar-refractivity contribution in [1.82, 2.24) is 25.0 Å². The molecule has 3 fully saturated rings. The Morgan fingerprint density at radius 2 is 1.93 bits per heavy atom. The van der Waals surface area contributed by atoms with E-state index >= 15 is 0 Å². The summed E-state index contributed by atoms with van der Waals surface area (Å²) in [6, 6.07) is 8.78. The van der Waals surface area contributed by atoms with Crippen LogP contribution < -0.4 is 20.7 Å². The molecule has 2 saturated heterocycles. The number of fused-ring (bicyclic) bond motifs is 2. The lowest BCUT2D eigenvalue weighted by Crippen LogP contribution is -2.56. The van der Waals surface area contributed by atoms with E-state index < -0.39 is 11.6 Å². The molecule has 4 atom stereocenters. The van der Waals surface area contributed by atoms with Gasteiger partial charge < -0.3 is 25.2 Å². The van der Waals surface area contributed by atoms with Crippen molar-refractivity contribution in [2.45, 2.75) is 19.4 Å². The molecule has 1 aliphatic carbocycles. The van der Waals surface area contributed by atoms with Crippen LogP contribution in [0.4, 0.5) is 20.3 Å². The molecular weight excluding hydrogens is 552 g/mol. The highest BCUT2D eigenvalue weighted by Crippen LogP contribution is 2.48. The van der Waals surface area contributed by atoms with E-state index in [-0.39, 0.29) is 23.3 Å². The van der Waals surface area contributed by atoms with E-state index in [1.54, 1.807) is 16.8 Å². The zero-order valence-electron chi connectivity index (χ0n) is 24.5. The Hall–Kier alpha value is -4.09. The summed E-state index contributed by atoms with van der Waals surface area (Å²) in [7, 11) is 3.65. The molecule has 1 saturated carbocycles. The van der Waals surface area contributed by atoms with Crippen LogP contribution in [0.15, 0.2) is 48.9 Å². The second-order valence-electron chi connectivity index (χ2n) is 12.4. The van der Waals surface area contributed by atoms with Crippen LogP contribution in [0.3, 0.4) is 0 Å². The van der Waals surface area contributed by atoms with Crippen LogP contribution in [0.1, 0.15) is 22.8 Å². The van der Waals surface area contributed by atoms with E-state index in [0.717, 1.165) is 47.8 Å². The average molecular weight is 589 g/mol. The number of anilines is 2. The summed E-state index contributed by atoms with van der Waals surface area (Å²) in [6.07, 6.45) is 5.39. The van der Waals surface area contributed by atoms with Crippen LogP contribution in [0, 0.1) is 29.4 Å². The van der Waals surface area contributed by atoms with Gasteiger partial charge >= 0.3 is 0 Å². The fourth-order valence-electron chi connectivity index (χ4n) is 7.14. The van der Waals surface area contributed by atoms with Crippen molar-refractivity contribution in [3.63, 3.8) is 0 Å². The maximum Gasteiger partial charge on any atom is 0.251 e. The smallest absolute Gasteiger partial charge is 0.251 e. The van der Waals surface area contributed by atoms with Gasteiger partial charge in [0.1, 0.15) is 0 Å². The number of nitrogens with one attached hydrogen (secondary N) is 3. The fourth-order valence-corrected chi connectivity index (χ4v) is 7.14. The van der Waals surface area contributed by atoms with Gasteiger partial charge in [-0.05, 0) is 42.3 Å². The second-order valence-corrected chi connectivity index (χ2v) is 12.4. The first-order valence-corrected chi connectivity index (χ1v) is 14.9. The van der Waals surface area contributed by atoms with Crippen molar-refractivity contribution < 1.29 is 22.8 Å². The van der Waals surface area contributed by atoms with Crippen LogP contribution in [-0.4, -0.2) is 77.7 Å². The van der Waals surface area contributed by atoms with Crippen LogP contribution in [-0.2, 0) is 6.42 Å². The van der Waals surface area contributed by atoms with Crippen molar-refractivity contribution in [3.8, 4) is 17.0 Å². The van der Waals surface area contributed by atoms with Gasteiger partial charge in [-0.2, -0.15) is 4.39 Å². The van der Waals surface area contributed by atoms with Gasteiger partial charge in [0.15, 0.2) is 23.0 Å². The highest BCUT2D eigenvalue weighted by molar-refractivity contribution is 5.96. The number of likely N-dealkylation sites (tertiary alicyclic amines) is 1. The number of hydrogen-bond donors (Lipinski definition) is 3. The number of carbonyl (C=O) groups excluding carboxylic acids is 1. The summed E-state index contributed by atoms with van der Waals surface area (Å²) in [5.74, 6) is 0.129. The van der Waals surface area contributed by atoms with Crippen LogP contribution in [0.25, 0.3) is 16.9 Å². The zero-order valence-corrected chi connectivity index (χ0v) is 24.5. The third-order valence-electron chi connectivity index (χ3n) is 9.46. The molecule has 4 aromatic rings. The van der Waals surface area contributed by atoms with E-state index in [9.17, 15) is 13.6 Å². The summed E-state index contributed by atoms with van der Waals surface area (Å²) in [6.45, 7) is 7.81. The van der Waals surface area contributed by atoms with Gasteiger partial charge in [0.25, 0.3) is 5.91 Å². The molecule has 0 spiro atoms. The first kappa shape index (κ1) is 27.7. The lowest BCUT2D eigenvalue weighted by atomic mass is 10.0. The number of aryl methyl sites for hydroxylation is 1. The minimum absolute atomic E-state index is 0.0212. The van der Waals surface area contributed by atoms with Gasteiger partial charge in [-0.3, -0.25) is 9.20 Å². The van der Waals surface area contributed by atoms with Gasteiger partial charge in [0.05, 0.1) is 45.7 Å². The summed E-state index contributed by atoms with van der Waals surface area (Å²) in [5.41, 5.74) is 3.25. The molecule has 43 heavy (non-hydrogen) atoms. The van der Waals surface area contributed by atoms with Gasteiger partial charge in [0, 0.05) is 66.1 Å². The maximum absolute atomic E-state index is 14.9. The quantitative estimate of drug-likeness (QED) is 0.256. The van der Waals surface area contributed by atoms with E-state index in [2.05, 4.69) is 33.0 Å².